The van der Waals surface area contributed by atoms with Crippen LogP contribution in [0.5, 0.6) is 5.75 Å². The second kappa shape index (κ2) is 7.04. The normalized spacial score (nSPS) is 25.8. The fourth-order valence-electron chi connectivity index (χ4n) is 5.79. The molecule has 1 aromatic heterocycles. The molecule has 1 amide bonds. The Hall–Kier alpha value is -2.93. The van der Waals surface area contributed by atoms with Crippen LogP contribution in [0.15, 0.2) is 42.5 Å². The summed E-state index contributed by atoms with van der Waals surface area (Å²) in [6.45, 7) is 6.59. The standard InChI is InChI=1S/C25H28N4O3/c1-24(2)18-14-25(15-31-22(18)17-5-3-4-6-21(17)32-24)9-11-29(12-10-25)23(30)16-7-8-19-20(13-16)27-28-26-19/h3-8,13,18,22H,9-12,14-15H2,1-2H3,(H,26,27,28)/t18-,22+/m0/s1. The highest BCUT2D eigenvalue weighted by Crippen LogP contribution is 2.55. The predicted molar refractivity (Wildman–Crippen MR) is 119 cm³/mol. The molecular weight excluding hydrogens is 404 g/mol. The van der Waals surface area contributed by atoms with Crippen molar-refractivity contribution in [1.82, 2.24) is 20.3 Å². The zero-order chi connectivity index (χ0) is 21.9. The number of nitrogens with zero attached hydrogens (tertiary/aromatic N) is 3. The number of H-pyrrole nitrogens is 1. The van der Waals surface area contributed by atoms with Gasteiger partial charge in [0.1, 0.15) is 22.4 Å². The molecule has 2 saturated heterocycles. The lowest BCUT2D eigenvalue weighted by Gasteiger charge is -2.54. The van der Waals surface area contributed by atoms with Crippen molar-refractivity contribution in [1.29, 1.82) is 0 Å². The number of ether oxygens (including phenoxy) is 2. The number of fused-ring (bicyclic) bond motifs is 4. The van der Waals surface area contributed by atoms with E-state index in [0.29, 0.717) is 11.5 Å². The van der Waals surface area contributed by atoms with Crippen LogP contribution in [-0.2, 0) is 4.74 Å². The van der Waals surface area contributed by atoms with Gasteiger partial charge in [-0.05, 0) is 62.8 Å². The molecule has 7 nitrogen and oxygen atoms in total. The van der Waals surface area contributed by atoms with Gasteiger partial charge in [0.05, 0.1) is 12.7 Å². The summed E-state index contributed by atoms with van der Waals surface area (Å²) in [5, 5.41) is 10.8. The smallest absolute Gasteiger partial charge is 0.253 e. The van der Waals surface area contributed by atoms with Crippen molar-refractivity contribution in [3.63, 3.8) is 0 Å². The van der Waals surface area contributed by atoms with Crippen LogP contribution >= 0.6 is 0 Å². The van der Waals surface area contributed by atoms with Crippen LogP contribution in [0.3, 0.4) is 0 Å². The monoisotopic (exact) mass is 432 g/mol. The first-order valence-electron chi connectivity index (χ1n) is 11.4. The lowest BCUT2D eigenvalue weighted by Crippen LogP contribution is -2.54. The number of amides is 1. The van der Waals surface area contributed by atoms with Gasteiger partial charge in [0.15, 0.2) is 0 Å². The Kier molecular flexibility index (Phi) is 4.34. The van der Waals surface area contributed by atoms with Crippen LogP contribution < -0.4 is 4.74 Å². The summed E-state index contributed by atoms with van der Waals surface area (Å²) in [7, 11) is 0. The first-order chi connectivity index (χ1) is 15.4. The zero-order valence-corrected chi connectivity index (χ0v) is 18.5. The summed E-state index contributed by atoms with van der Waals surface area (Å²) in [6, 6.07) is 13.8. The van der Waals surface area contributed by atoms with Gasteiger partial charge in [0, 0.05) is 30.1 Å². The molecule has 3 aliphatic rings. The second-order valence-electron chi connectivity index (χ2n) is 10.1. The van der Waals surface area contributed by atoms with Crippen LogP contribution in [0.4, 0.5) is 0 Å². The molecule has 166 valence electrons. The maximum atomic E-state index is 13.1. The molecule has 0 bridgehead atoms. The number of aromatic amines is 1. The van der Waals surface area contributed by atoms with Crippen molar-refractivity contribution in [2.24, 2.45) is 11.3 Å². The fourth-order valence-corrected chi connectivity index (χ4v) is 5.79. The molecule has 6 rings (SSSR count). The number of carbonyl (C=O) groups is 1. The van der Waals surface area contributed by atoms with Crippen molar-refractivity contribution in [2.75, 3.05) is 19.7 Å². The average molecular weight is 433 g/mol. The maximum Gasteiger partial charge on any atom is 0.253 e. The van der Waals surface area contributed by atoms with Crippen LogP contribution in [0.25, 0.3) is 11.0 Å². The summed E-state index contributed by atoms with van der Waals surface area (Å²) in [5.41, 5.74) is 3.14. The lowest BCUT2D eigenvalue weighted by atomic mass is 9.64. The molecule has 2 aromatic carbocycles. The Morgan fingerprint density at radius 3 is 2.72 bits per heavy atom. The Balaban J connectivity index is 1.18. The van der Waals surface area contributed by atoms with E-state index >= 15 is 0 Å². The van der Waals surface area contributed by atoms with Gasteiger partial charge in [-0.3, -0.25) is 4.79 Å². The number of likely N-dealkylation sites (tertiary alicyclic amines) is 1. The number of rotatable bonds is 1. The number of hydrogen-bond acceptors (Lipinski definition) is 5. The van der Waals surface area contributed by atoms with E-state index in [1.165, 1.54) is 5.56 Å². The third-order valence-corrected chi connectivity index (χ3v) is 7.75. The van der Waals surface area contributed by atoms with Gasteiger partial charge in [-0.25, -0.2) is 0 Å². The SMILES string of the molecule is CC1(C)Oc2ccccc2[C@H]2OCC3(CCN(C(=O)c4ccc5n[nH]nc5c4)CC3)C[C@@H]21. The first kappa shape index (κ1) is 19.7. The van der Waals surface area contributed by atoms with Crippen LogP contribution in [0.1, 0.15) is 55.1 Å². The molecule has 7 heteroatoms. The summed E-state index contributed by atoms with van der Waals surface area (Å²) in [6.07, 6.45) is 3.04. The minimum Gasteiger partial charge on any atom is -0.487 e. The number of aromatic nitrogens is 3. The van der Waals surface area contributed by atoms with Gasteiger partial charge in [-0.1, -0.05) is 18.2 Å². The van der Waals surface area contributed by atoms with E-state index in [4.69, 9.17) is 9.47 Å². The van der Waals surface area contributed by atoms with Crippen molar-refractivity contribution >= 4 is 16.9 Å². The number of carbonyl (C=O) groups excluding carboxylic acids is 1. The van der Waals surface area contributed by atoms with Crippen molar-refractivity contribution in [3.8, 4) is 5.75 Å². The first-order valence-corrected chi connectivity index (χ1v) is 11.4. The van der Waals surface area contributed by atoms with Gasteiger partial charge in [-0.15, -0.1) is 0 Å². The van der Waals surface area contributed by atoms with Gasteiger partial charge in [0.2, 0.25) is 0 Å². The average Bonchev–Trinajstić information content (AvgIpc) is 3.27. The van der Waals surface area contributed by atoms with Crippen molar-refractivity contribution < 1.29 is 14.3 Å². The molecule has 0 unspecified atom stereocenters. The van der Waals surface area contributed by atoms with E-state index in [0.717, 1.165) is 55.7 Å². The van der Waals surface area contributed by atoms with E-state index in [1.807, 2.05) is 35.2 Å². The topological polar surface area (TPSA) is 80.3 Å². The number of hydrogen-bond donors (Lipinski definition) is 1. The number of benzene rings is 2. The molecule has 32 heavy (non-hydrogen) atoms. The molecular formula is C25H28N4O3. The zero-order valence-electron chi connectivity index (χ0n) is 18.5. The van der Waals surface area contributed by atoms with E-state index in [9.17, 15) is 4.79 Å². The molecule has 1 spiro atoms. The van der Waals surface area contributed by atoms with E-state index in [-0.39, 0.29) is 23.0 Å². The fraction of sp³-hybridized carbons (Fsp3) is 0.480. The molecule has 1 N–H and O–H groups in total. The largest absolute Gasteiger partial charge is 0.487 e. The Bertz CT molecular complexity index is 1180. The molecule has 3 aromatic rings. The Labute approximate surface area is 187 Å². The highest BCUT2D eigenvalue weighted by Gasteiger charge is 2.52. The Morgan fingerprint density at radius 2 is 1.88 bits per heavy atom. The number of para-hydroxylation sites is 1. The molecule has 2 fully saturated rings. The quantitative estimate of drug-likeness (QED) is 0.625. The number of nitrogens with one attached hydrogen (secondary N) is 1. The van der Waals surface area contributed by atoms with Crippen LogP contribution in [-0.4, -0.2) is 51.5 Å². The third kappa shape index (κ3) is 3.10. The minimum absolute atomic E-state index is 0.0645. The highest BCUT2D eigenvalue weighted by molar-refractivity contribution is 5.97. The predicted octanol–water partition coefficient (Wildman–Crippen LogP) is 4.13. The number of piperidine rings is 1. The second-order valence-corrected chi connectivity index (χ2v) is 10.1. The molecule has 0 saturated carbocycles. The summed E-state index contributed by atoms with van der Waals surface area (Å²) in [5.74, 6) is 1.30. The van der Waals surface area contributed by atoms with Crippen molar-refractivity contribution in [2.45, 2.75) is 44.8 Å². The minimum atomic E-state index is -0.285. The molecule has 2 atom stereocenters. The lowest BCUT2D eigenvalue weighted by molar-refractivity contribution is -0.173. The van der Waals surface area contributed by atoms with Crippen LogP contribution in [0.2, 0.25) is 0 Å². The Morgan fingerprint density at radius 1 is 1.09 bits per heavy atom. The molecule has 0 radical (unpaired) electrons. The van der Waals surface area contributed by atoms with E-state index in [2.05, 4.69) is 41.4 Å². The summed E-state index contributed by atoms with van der Waals surface area (Å²) >= 11 is 0. The van der Waals surface area contributed by atoms with Gasteiger partial charge in [-0.2, -0.15) is 15.4 Å². The van der Waals surface area contributed by atoms with Gasteiger partial charge >= 0.3 is 0 Å². The third-order valence-electron chi connectivity index (χ3n) is 7.75. The van der Waals surface area contributed by atoms with Crippen molar-refractivity contribution in [3.05, 3.63) is 53.6 Å². The molecule has 0 aliphatic carbocycles. The van der Waals surface area contributed by atoms with Crippen LogP contribution in [0, 0.1) is 11.3 Å². The van der Waals surface area contributed by atoms with E-state index in [1.54, 1.807) is 0 Å². The molecule has 4 heterocycles. The van der Waals surface area contributed by atoms with Gasteiger partial charge < -0.3 is 14.4 Å². The van der Waals surface area contributed by atoms with E-state index < -0.39 is 0 Å². The summed E-state index contributed by atoms with van der Waals surface area (Å²) < 4.78 is 13.0. The molecule has 3 aliphatic heterocycles. The summed E-state index contributed by atoms with van der Waals surface area (Å²) in [4.78, 5) is 15.1. The maximum absolute atomic E-state index is 13.1. The van der Waals surface area contributed by atoms with Gasteiger partial charge in [0.25, 0.3) is 5.91 Å². The highest BCUT2D eigenvalue weighted by atomic mass is 16.5.